The van der Waals surface area contributed by atoms with Crippen LogP contribution in [0, 0.1) is 0 Å². The fourth-order valence-electron chi connectivity index (χ4n) is 3.12. The molecule has 1 saturated heterocycles. The Labute approximate surface area is 130 Å². The molecule has 4 rings (SSSR count). The molecule has 0 atom stereocenters. The van der Waals surface area contributed by atoms with Crippen LogP contribution in [-0.4, -0.2) is 37.9 Å². The van der Waals surface area contributed by atoms with E-state index in [9.17, 15) is 0 Å². The van der Waals surface area contributed by atoms with E-state index in [4.69, 9.17) is 9.47 Å². The van der Waals surface area contributed by atoms with E-state index in [1.165, 1.54) is 11.3 Å². The van der Waals surface area contributed by atoms with Crippen molar-refractivity contribution in [1.29, 1.82) is 0 Å². The maximum absolute atomic E-state index is 5.44. The zero-order valence-corrected chi connectivity index (χ0v) is 12.6. The highest BCUT2D eigenvalue weighted by Crippen LogP contribution is 2.27. The lowest BCUT2D eigenvalue weighted by atomic mass is 10.1. The highest BCUT2D eigenvalue weighted by atomic mass is 16.7. The third-order valence-electron chi connectivity index (χ3n) is 4.29. The molecule has 0 spiro atoms. The van der Waals surface area contributed by atoms with Crippen LogP contribution < -0.4 is 14.4 Å². The lowest BCUT2D eigenvalue weighted by Crippen LogP contribution is -2.45. The van der Waals surface area contributed by atoms with Crippen LogP contribution in [0.1, 0.15) is 5.56 Å². The Morgan fingerprint density at radius 1 is 0.818 bits per heavy atom. The van der Waals surface area contributed by atoms with Gasteiger partial charge in [0, 0.05) is 44.5 Å². The SMILES string of the molecule is c1ccc(N2CCN(Cc3cc4cc(c3)OCO4)CC2)cc1. The van der Waals surface area contributed by atoms with Gasteiger partial charge < -0.3 is 14.4 Å². The van der Waals surface area contributed by atoms with Crippen molar-refractivity contribution in [2.24, 2.45) is 0 Å². The summed E-state index contributed by atoms with van der Waals surface area (Å²) in [5.74, 6) is 1.84. The minimum Gasteiger partial charge on any atom is -0.457 e. The molecule has 2 bridgehead atoms. The van der Waals surface area contributed by atoms with Crippen LogP contribution >= 0.6 is 0 Å². The number of ether oxygens (including phenoxy) is 2. The Kier molecular flexibility index (Phi) is 3.60. The van der Waals surface area contributed by atoms with Gasteiger partial charge in [-0.25, -0.2) is 0 Å². The molecule has 2 aliphatic heterocycles. The summed E-state index contributed by atoms with van der Waals surface area (Å²) in [6, 6.07) is 16.8. The van der Waals surface area contributed by atoms with E-state index in [2.05, 4.69) is 52.3 Å². The fraction of sp³-hybridized carbons (Fsp3) is 0.333. The lowest BCUT2D eigenvalue weighted by molar-refractivity contribution is 0.105. The summed E-state index contributed by atoms with van der Waals surface area (Å²) in [6.07, 6.45) is 0. The largest absolute Gasteiger partial charge is 0.457 e. The van der Waals surface area contributed by atoms with Crippen LogP contribution in [0.25, 0.3) is 0 Å². The minimum absolute atomic E-state index is 0.331. The van der Waals surface area contributed by atoms with E-state index in [0.29, 0.717) is 6.79 Å². The molecule has 1 fully saturated rings. The average Bonchev–Trinajstić information content (AvgIpc) is 2.56. The maximum Gasteiger partial charge on any atom is 0.230 e. The normalized spacial score (nSPS) is 17.7. The molecule has 22 heavy (non-hydrogen) atoms. The molecule has 4 heteroatoms. The summed E-state index contributed by atoms with van der Waals surface area (Å²) in [5.41, 5.74) is 2.59. The molecule has 0 saturated carbocycles. The Hall–Kier alpha value is -2.20. The van der Waals surface area contributed by atoms with Gasteiger partial charge >= 0.3 is 0 Å². The van der Waals surface area contributed by atoms with Gasteiger partial charge in [-0.3, -0.25) is 4.90 Å². The van der Waals surface area contributed by atoms with Crippen LogP contribution in [-0.2, 0) is 6.54 Å². The molecule has 0 N–H and O–H groups in total. The van der Waals surface area contributed by atoms with E-state index in [0.717, 1.165) is 44.2 Å². The van der Waals surface area contributed by atoms with Gasteiger partial charge in [0.25, 0.3) is 0 Å². The van der Waals surface area contributed by atoms with Crippen LogP contribution in [0.15, 0.2) is 48.5 Å². The van der Waals surface area contributed by atoms with Gasteiger partial charge in [-0.15, -0.1) is 0 Å². The second-order valence-corrected chi connectivity index (χ2v) is 5.82. The van der Waals surface area contributed by atoms with Crippen LogP contribution in [0.3, 0.4) is 0 Å². The Bertz CT molecular complexity index is 615. The second-order valence-electron chi connectivity index (χ2n) is 5.82. The number of anilines is 1. The van der Waals surface area contributed by atoms with Crippen molar-refractivity contribution < 1.29 is 9.47 Å². The molecule has 2 heterocycles. The summed E-state index contributed by atoms with van der Waals surface area (Å²) in [7, 11) is 0. The van der Waals surface area contributed by atoms with E-state index >= 15 is 0 Å². The first-order valence-electron chi connectivity index (χ1n) is 7.79. The summed E-state index contributed by atoms with van der Waals surface area (Å²) in [6.45, 7) is 5.59. The number of hydrogen-bond acceptors (Lipinski definition) is 4. The van der Waals surface area contributed by atoms with Gasteiger partial charge in [-0.2, -0.15) is 0 Å². The summed E-state index contributed by atoms with van der Waals surface area (Å²) < 4.78 is 10.9. The average molecular weight is 296 g/mol. The summed E-state index contributed by atoms with van der Waals surface area (Å²) >= 11 is 0. The molecule has 0 amide bonds. The molecule has 0 radical (unpaired) electrons. The number of rotatable bonds is 3. The Morgan fingerprint density at radius 3 is 2.18 bits per heavy atom. The number of hydrogen-bond donors (Lipinski definition) is 0. The van der Waals surface area contributed by atoms with Crippen molar-refractivity contribution in [3.8, 4) is 11.5 Å². The Balaban J connectivity index is 1.37. The lowest BCUT2D eigenvalue weighted by Gasteiger charge is -2.36. The summed E-state index contributed by atoms with van der Waals surface area (Å²) in [5, 5.41) is 0. The van der Waals surface area contributed by atoms with Gasteiger partial charge in [0.1, 0.15) is 11.5 Å². The van der Waals surface area contributed by atoms with Crippen molar-refractivity contribution in [1.82, 2.24) is 4.90 Å². The predicted molar refractivity (Wildman–Crippen MR) is 86.5 cm³/mol. The summed E-state index contributed by atoms with van der Waals surface area (Å²) in [4.78, 5) is 4.94. The third-order valence-corrected chi connectivity index (χ3v) is 4.29. The van der Waals surface area contributed by atoms with Gasteiger partial charge in [-0.1, -0.05) is 18.2 Å². The molecule has 4 nitrogen and oxygen atoms in total. The van der Waals surface area contributed by atoms with Crippen molar-refractivity contribution in [2.75, 3.05) is 37.9 Å². The zero-order chi connectivity index (χ0) is 14.8. The first kappa shape index (κ1) is 13.5. The van der Waals surface area contributed by atoms with E-state index in [1.807, 2.05) is 6.07 Å². The van der Waals surface area contributed by atoms with Crippen LogP contribution in [0.5, 0.6) is 11.5 Å². The first-order valence-corrected chi connectivity index (χ1v) is 7.79. The number of para-hydroxylation sites is 1. The van der Waals surface area contributed by atoms with Crippen molar-refractivity contribution >= 4 is 5.69 Å². The number of piperazine rings is 1. The highest BCUT2D eigenvalue weighted by Gasteiger charge is 2.18. The van der Waals surface area contributed by atoms with Gasteiger partial charge in [0.05, 0.1) is 0 Å². The van der Waals surface area contributed by atoms with Crippen LogP contribution in [0.4, 0.5) is 5.69 Å². The molecule has 2 aromatic carbocycles. The molecule has 114 valence electrons. The van der Waals surface area contributed by atoms with Gasteiger partial charge in [0.2, 0.25) is 6.79 Å². The molecule has 2 aliphatic rings. The monoisotopic (exact) mass is 296 g/mol. The molecule has 0 aliphatic carbocycles. The number of fused-ring (bicyclic) bond motifs is 2. The maximum atomic E-state index is 5.44. The molecule has 0 aromatic heterocycles. The quantitative estimate of drug-likeness (QED) is 0.869. The number of benzene rings is 2. The van der Waals surface area contributed by atoms with Crippen LogP contribution in [0.2, 0.25) is 0 Å². The van der Waals surface area contributed by atoms with E-state index < -0.39 is 0 Å². The van der Waals surface area contributed by atoms with Crippen molar-refractivity contribution in [3.05, 3.63) is 54.1 Å². The highest BCUT2D eigenvalue weighted by molar-refractivity contribution is 5.46. The smallest absolute Gasteiger partial charge is 0.230 e. The fourth-order valence-corrected chi connectivity index (χ4v) is 3.12. The van der Waals surface area contributed by atoms with Gasteiger partial charge in [0.15, 0.2) is 0 Å². The first-order chi connectivity index (χ1) is 10.9. The molecular formula is C18H20N2O2. The third kappa shape index (κ3) is 2.88. The standard InChI is InChI=1S/C18H20N2O2/c1-2-4-16(5-3-1)20-8-6-19(7-9-20)13-15-10-17-12-18(11-15)22-14-21-17/h1-5,10-12H,6-9,13-14H2. The molecule has 2 aromatic rings. The van der Waals surface area contributed by atoms with Gasteiger partial charge in [-0.05, 0) is 29.8 Å². The molecule has 0 unspecified atom stereocenters. The zero-order valence-electron chi connectivity index (χ0n) is 12.6. The topological polar surface area (TPSA) is 24.9 Å². The van der Waals surface area contributed by atoms with E-state index in [1.54, 1.807) is 0 Å². The number of nitrogens with zero attached hydrogens (tertiary/aromatic N) is 2. The van der Waals surface area contributed by atoms with E-state index in [-0.39, 0.29) is 0 Å². The van der Waals surface area contributed by atoms with Crippen molar-refractivity contribution in [2.45, 2.75) is 6.54 Å². The molecular weight excluding hydrogens is 276 g/mol. The second kappa shape index (κ2) is 5.89. The van der Waals surface area contributed by atoms with Crippen molar-refractivity contribution in [3.63, 3.8) is 0 Å². The predicted octanol–water partition coefficient (Wildman–Crippen LogP) is 2.74. The Morgan fingerprint density at radius 2 is 1.50 bits per heavy atom. The minimum atomic E-state index is 0.331.